The van der Waals surface area contributed by atoms with Gasteiger partial charge in [0.1, 0.15) is 5.75 Å². The maximum atomic E-state index is 10.8. The summed E-state index contributed by atoms with van der Waals surface area (Å²) in [5.74, 6) is -0.127. The number of carbonyl (C=O) groups is 1. The van der Waals surface area contributed by atoms with Crippen molar-refractivity contribution in [2.75, 3.05) is 5.73 Å². The number of benzene rings is 1. The lowest BCUT2D eigenvalue weighted by Crippen LogP contribution is -1.93. The molecule has 0 heterocycles. The van der Waals surface area contributed by atoms with Crippen LogP contribution in [0.3, 0.4) is 0 Å². The summed E-state index contributed by atoms with van der Waals surface area (Å²) in [6, 6.07) is 4.45. The molecule has 1 aromatic carbocycles. The Labute approximate surface area is 64.5 Å². The second-order valence-electron chi connectivity index (χ2n) is 2.33. The van der Waals surface area contributed by atoms with Crippen LogP contribution in [-0.2, 0) is 0 Å². The van der Waals surface area contributed by atoms with Gasteiger partial charge in [-0.2, -0.15) is 0 Å². The summed E-state index contributed by atoms with van der Waals surface area (Å²) in [5.41, 5.74) is 6.08. The van der Waals surface area contributed by atoms with Crippen molar-refractivity contribution in [3.63, 3.8) is 0 Å². The van der Waals surface area contributed by atoms with Crippen LogP contribution in [0.15, 0.2) is 18.2 Å². The van der Waals surface area contributed by atoms with Gasteiger partial charge in [0.05, 0.1) is 5.69 Å². The Bertz CT molecular complexity index is 294. The average molecular weight is 151 g/mol. The molecule has 0 spiro atoms. The van der Waals surface area contributed by atoms with Crippen LogP contribution in [0.25, 0.3) is 0 Å². The summed E-state index contributed by atoms with van der Waals surface area (Å²) < 4.78 is 0. The van der Waals surface area contributed by atoms with Crippen LogP contribution in [-0.4, -0.2) is 10.9 Å². The summed E-state index contributed by atoms with van der Waals surface area (Å²) in [4.78, 5) is 10.8. The molecule has 0 amide bonds. The van der Waals surface area contributed by atoms with E-state index in [-0.39, 0.29) is 17.2 Å². The lowest BCUT2D eigenvalue weighted by atomic mass is 10.1. The fraction of sp³-hybridized carbons (Fsp3) is 0.125. The normalized spacial score (nSPS) is 9.55. The average Bonchev–Trinajstić information content (AvgIpc) is 1.94. The Morgan fingerprint density at radius 1 is 1.55 bits per heavy atom. The third-order valence-corrected chi connectivity index (χ3v) is 1.44. The SMILES string of the molecule is CC(=O)c1ccc(N)c(O)c1. The van der Waals surface area contributed by atoms with Gasteiger partial charge in [-0.25, -0.2) is 0 Å². The van der Waals surface area contributed by atoms with Crippen LogP contribution in [0.4, 0.5) is 5.69 Å². The predicted octanol–water partition coefficient (Wildman–Crippen LogP) is 1.18. The van der Waals surface area contributed by atoms with E-state index < -0.39 is 0 Å². The molecule has 0 fully saturated rings. The van der Waals surface area contributed by atoms with Crippen molar-refractivity contribution in [2.24, 2.45) is 0 Å². The molecule has 0 saturated heterocycles. The molecule has 3 N–H and O–H groups in total. The van der Waals surface area contributed by atoms with Gasteiger partial charge in [-0.15, -0.1) is 0 Å². The molecule has 3 nitrogen and oxygen atoms in total. The number of anilines is 1. The molecular formula is C8H9NO2. The Hall–Kier alpha value is -1.51. The Balaban J connectivity index is 3.15. The second-order valence-corrected chi connectivity index (χ2v) is 2.33. The number of ketones is 1. The zero-order valence-electron chi connectivity index (χ0n) is 6.16. The number of nitrogen functional groups attached to an aromatic ring is 1. The van der Waals surface area contributed by atoms with Crippen LogP contribution >= 0.6 is 0 Å². The topological polar surface area (TPSA) is 63.3 Å². The molecule has 0 saturated carbocycles. The predicted molar refractivity (Wildman–Crippen MR) is 42.5 cm³/mol. The van der Waals surface area contributed by atoms with Crippen LogP contribution < -0.4 is 5.73 Å². The molecule has 0 unspecified atom stereocenters. The van der Waals surface area contributed by atoms with E-state index in [1.165, 1.54) is 19.1 Å². The highest BCUT2D eigenvalue weighted by molar-refractivity contribution is 5.94. The first-order valence-electron chi connectivity index (χ1n) is 3.20. The maximum Gasteiger partial charge on any atom is 0.159 e. The van der Waals surface area contributed by atoms with E-state index in [0.29, 0.717) is 5.56 Å². The van der Waals surface area contributed by atoms with Gasteiger partial charge >= 0.3 is 0 Å². The van der Waals surface area contributed by atoms with E-state index >= 15 is 0 Å². The molecule has 0 radical (unpaired) electrons. The van der Waals surface area contributed by atoms with Crippen molar-refractivity contribution in [1.29, 1.82) is 0 Å². The molecule has 0 aliphatic carbocycles. The Morgan fingerprint density at radius 3 is 2.64 bits per heavy atom. The van der Waals surface area contributed by atoms with Gasteiger partial charge in [0.15, 0.2) is 5.78 Å². The number of phenolic OH excluding ortho intramolecular Hbond substituents is 1. The molecule has 58 valence electrons. The van der Waals surface area contributed by atoms with Crippen LogP contribution in [0.2, 0.25) is 0 Å². The molecular weight excluding hydrogens is 142 g/mol. The molecule has 0 aliphatic rings. The van der Waals surface area contributed by atoms with Crippen molar-refractivity contribution in [1.82, 2.24) is 0 Å². The summed E-state index contributed by atoms with van der Waals surface area (Å²) in [6.07, 6.45) is 0. The second kappa shape index (κ2) is 2.62. The van der Waals surface area contributed by atoms with Crippen molar-refractivity contribution in [3.05, 3.63) is 23.8 Å². The zero-order chi connectivity index (χ0) is 8.43. The van der Waals surface area contributed by atoms with E-state index in [1.807, 2.05) is 0 Å². The summed E-state index contributed by atoms with van der Waals surface area (Å²) >= 11 is 0. The van der Waals surface area contributed by atoms with E-state index in [9.17, 15) is 4.79 Å². The number of phenols is 1. The fourth-order valence-corrected chi connectivity index (χ4v) is 0.763. The number of Topliss-reactive ketones (excluding diaryl/α,β-unsaturated/α-hetero) is 1. The van der Waals surface area contributed by atoms with E-state index in [2.05, 4.69) is 0 Å². The summed E-state index contributed by atoms with van der Waals surface area (Å²) in [5, 5.41) is 9.07. The van der Waals surface area contributed by atoms with E-state index in [0.717, 1.165) is 0 Å². The largest absolute Gasteiger partial charge is 0.506 e. The van der Waals surface area contributed by atoms with Gasteiger partial charge < -0.3 is 10.8 Å². The number of hydrogen-bond donors (Lipinski definition) is 2. The standard InChI is InChI=1S/C8H9NO2/c1-5(10)6-2-3-7(9)8(11)4-6/h2-4,11H,9H2,1H3. The minimum Gasteiger partial charge on any atom is -0.506 e. The number of carbonyl (C=O) groups excluding carboxylic acids is 1. The highest BCUT2D eigenvalue weighted by atomic mass is 16.3. The Kier molecular flexibility index (Phi) is 1.81. The fourth-order valence-electron chi connectivity index (χ4n) is 0.763. The monoisotopic (exact) mass is 151 g/mol. The van der Waals surface area contributed by atoms with E-state index in [4.69, 9.17) is 10.8 Å². The Morgan fingerprint density at radius 2 is 2.18 bits per heavy atom. The lowest BCUT2D eigenvalue weighted by molar-refractivity contribution is 0.101. The number of rotatable bonds is 1. The molecule has 0 atom stereocenters. The van der Waals surface area contributed by atoms with Gasteiger partial charge in [-0.05, 0) is 25.1 Å². The first kappa shape index (κ1) is 7.60. The first-order chi connectivity index (χ1) is 5.11. The van der Waals surface area contributed by atoms with Crippen molar-refractivity contribution >= 4 is 11.5 Å². The summed E-state index contributed by atoms with van der Waals surface area (Å²) in [7, 11) is 0. The molecule has 1 rings (SSSR count). The maximum absolute atomic E-state index is 10.8. The highest BCUT2D eigenvalue weighted by Gasteiger charge is 2.01. The molecule has 11 heavy (non-hydrogen) atoms. The first-order valence-corrected chi connectivity index (χ1v) is 3.20. The number of aromatic hydroxyl groups is 1. The third kappa shape index (κ3) is 1.49. The zero-order valence-corrected chi connectivity index (χ0v) is 6.16. The van der Waals surface area contributed by atoms with Crippen LogP contribution in [0.1, 0.15) is 17.3 Å². The molecule has 3 heteroatoms. The van der Waals surface area contributed by atoms with Crippen LogP contribution in [0.5, 0.6) is 5.75 Å². The molecule has 0 bridgehead atoms. The lowest BCUT2D eigenvalue weighted by Gasteiger charge is -1.99. The van der Waals surface area contributed by atoms with Gasteiger partial charge in [0.25, 0.3) is 0 Å². The van der Waals surface area contributed by atoms with Gasteiger partial charge in [-0.1, -0.05) is 0 Å². The third-order valence-electron chi connectivity index (χ3n) is 1.44. The summed E-state index contributed by atoms with van der Waals surface area (Å²) in [6.45, 7) is 1.44. The van der Waals surface area contributed by atoms with Gasteiger partial charge in [0.2, 0.25) is 0 Å². The van der Waals surface area contributed by atoms with Gasteiger partial charge in [-0.3, -0.25) is 4.79 Å². The van der Waals surface area contributed by atoms with Gasteiger partial charge in [0, 0.05) is 5.56 Å². The van der Waals surface area contributed by atoms with Crippen molar-refractivity contribution < 1.29 is 9.90 Å². The van der Waals surface area contributed by atoms with Crippen molar-refractivity contribution in [3.8, 4) is 5.75 Å². The van der Waals surface area contributed by atoms with E-state index in [1.54, 1.807) is 6.07 Å². The minimum absolute atomic E-state index is 0.0438. The molecule has 0 aliphatic heterocycles. The van der Waals surface area contributed by atoms with Crippen molar-refractivity contribution in [2.45, 2.75) is 6.92 Å². The number of nitrogens with two attached hydrogens (primary N) is 1. The van der Waals surface area contributed by atoms with Crippen LogP contribution in [0, 0.1) is 0 Å². The molecule has 0 aromatic heterocycles. The molecule has 1 aromatic rings. The smallest absolute Gasteiger partial charge is 0.159 e. The highest BCUT2D eigenvalue weighted by Crippen LogP contribution is 2.20. The number of hydrogen-bond acceptors (Lipinski definition) is 3. The minimum atomic E-state index is -0.0831. The quantitative estimate of drug-likeness (QED) is 0.360.